The zero-order valence-electron chi connectivity index (χ0n) is 12.3. The molecule has 1 aliphatic carbocycles. The van der Waals surface area contributed by atoms with Gasteiger partial charge in [-0.25, -0.2) is 4.79 Å². The number of aromatic nitrogens is 4. The number of nitrogens with one attached hydrogen (secondary N) is 2. The molecule has 2 aromatic heterocycles. The molecule has 1 saturated carbocycles. The third kappa shape index (κ3) is 2.25. The lowest BCUT2D eigenvalue weighted by Crippen LogP contribution is -2.36. The first kappa shape index (κ1) is 13.9. The summed E-state index contributed by atoms with van der Waals surface area (Å²) in [5.41, 5.74) is 5.86. The third-order valence-corrected chi connectivity index (χ3v) is 4.36. The van der Waals surface area contributed by atoms with Crippen molar-refractivity contribution in [2.24, 2.45) is 25.2 Å². The van der Waals surface area contributed by atoms with Crippen molar-refractivity contribution >= 4 is 17.1 Å². The summed E-state index contributed by atoms with van der Waals surface area (Å²) in [6.45, 7) is 1.45. The highest BCUT2D eigenvalue weighted by Gasteiger charge is 2.41. The number of nitrogens with two attached hydrogens (primary N) is 1. The number of rotatable bonds is 5. The molecule has 4 N–H and O–H groups in total. The quantitative estimate of drug-likeness (QED) is 0.688. The predicted octanol–water partition coefficient (Wildman–Crippen LogP) is -0.499. The Kier molecular flexibility index (Phi) is 3.12. The number of fused-ring (bicyclic) bond motifs is 1. The number of anilines is 1. The van der Waals surface area contributed by atoms with E-state index in [1.165, 1.54) is 11.6 Å². The number of imidazole rings is 1. The van der Waals surface area contributed by atoms with Crippen LogP contribution in [0.3, 0.4) is 0 Å². The average molecular weight is 292 g/mol. The Balaban J connectivity index is 1.92. The van der Waals surface area contributed by atoms with Gasteiger partial charge in [-0.15, -0.1) is 0 Å². The van der Waals surface area contributed by atoms with Crippen molar-refractivity contribution in [3.63, 3.8) is 0 Å². The smallest absolute Gasteiger partial charge is 0.332 e. The summed E-state index contributed by atoms with van der Waals surface area (Å²) < 4.78 is 2.44. The van der Waals surface area contributed by atoms with Gasteiger partial charge in [-0.3, -0.25) is 13.9 Å². The maximum absolute atomic E-state index is 12.1. The van der Waals surface area contributed by atoms with Gasteiger partial charge in [-0.1, -0.05) is 0 Å². The maximum atomic E-state index is 12.1. The summed E-state index contributed by atoms with van der Waals surface area (Å²) >= 11 is 0. The third-order valence-electron chi connectivity index (χ3n) is 4.36. The Bertz CT molecular complexity index is 795. The summed E-state index contributed by atoms with van der Waals surface area (Å²) in [4.78, 5) is 31.2. The van der Waals surface area contributed by atoms with Gasteiger partial charge in [0, 0.05) is 20.6 Å². The number of nitrogens with zero attached hydrogens (tertiary/aromatic N) is 3. The minimum absolute atomic E-state index is 0.268. The molecule has 0 radical (unpaired) electrons. The molecule has 0 spiro atoms. The molecule has 0 amide bonds. The SMILES string of the molecule is Cn1c(=O)c2[nH]c(NCC3(CCN)CC3)nc2n(C)c1=O. The molecule has 114 valence electrons. The van der Waals surface area contributed by atoms with E-state index < -0.39 is 0 Å². The van der Waals surface area contributed by atoms with Crippen molar-refractivity contribution in [3.8, 4) is 0 Å². The normalized spacial score (nSPS) is 16.3. The van der Waals surface area contributed by atoms with Gasteiger partial charge >= 0.3 is 5.69 Å². The zero-order valence-corrected chi connectivity index (χ0v) is 12.3. The van der Waals surface area contributed by atoms with Crippen LogP contribution in [0.2, 0.25) is 0 Å². The Morgan fingerprint density at radius 2 is 2.05 bits per heavy atom. The second kappa shape index (κ2) is 4.73. The van der Waals surface area contributed by atoms with Crippen molar-refractivity contribution in [1.29, 1.82) is 0 Å². The first-order valence-electron chi connectivity index (χ1n) is 7.07. The second-order valence-corrected chi connectivity index (χ2v) is 5.88. The molecule has 0 aromatic carbocycles. The lowest BCUT2D eigenvalue weighted by molar-refractivity contribution is 0.500. The van der Waals surface area contributed by atoms with Crippen LogP contribution in [0, 0.1) is 5.41 Å². The van der Waals surface area contributed by atoms with Crippen LogP contribution in [0.1, 0.15) is 19.3 Å². The van der Waals surface area contributed by atoms with Crippen molar-refractivity contribution in [1.82, 2.24) is 19.1 Å². The van der Waals surface area contributed by atoms with E-state index in [0.717, 1.165) is 30.4 Å². The zero-order chi connectivity index (χ0) is 15.2. The van der Waals surface area contributed by atoms with Crippen LogP contribution < -0.4 is 22.3 Å². The molecule has 3 rings (SSSR count). The van der Waals surface area contributed by atoms with Crippen molar-refractivity contribution in [3.05, 3.63) is 20.8 Å². The fourth-order valence-corrected chi connectivity index (χ4v) is 2.68. The van der Waals surface area contributed by atoms with E-state index in [-0.39, 0.29) is 16.7 Å². The minimum atomic E-state index is -0.382. The van der Waals surface area contributed by atoms with E-state index in [1.54, 1.807) is 7.05 Å². The standard InChI is InChI=1S/C13H20N6O2/c1-18-9-8(10(20)19(2)12(18)21)16-11(17-9)15-7-13(3-4-13)5-6-14/h3-7,14H2,1-2H3,(H2,15,16,17). The van der Waals surface area contributed by atoms with Crippen LogP contribution in [-0.4, -0.2) is 32.2 Å². The second-order valence-electron chi connectivity index (χ2n) is 5.88. The van der Waals surface area contributed by atoms with Crippen LogP contribution in [-0.2, 0) is 14.1 Å². The summed E-state index contributed by atoms with van der Waals surface area (Å²) in [6.07, 6.45) is 3.32. The van der Waals surface area contributed by atoms with E-state index in [1.807, 2.05) is 0 Å². The Morgan fingerprint density at radius 1 is 1.33 bits per heavy atom. The number of aromatic amines is 1. The molecule has 21 heavy (non-hydrogen) atoms. The van der Waals surface area contributed by atoms with Gasteiger partial charge in [0.1, 0.15) is 0 Å². The van der Waals surface area contributed by atoms with E-state index in [9.17, 15) is 9.59 Å². The van der Waals surface area contributed by atoms with Gasteiger partial charge in [-0.05, 0) is 31.2 Å². The molecular formula is C13H20N6O2. The van der Waals surface area contributed by atoms with Crippen molar-refractivity contribution in [2.75, 3.05) is 18.4 Å². The molecule has 0 atom stereocenters. The first-order chi connectivity index (χ1) is 9.97. The molecule has 0 aliphatic heterocycles. The molecule has 1 aliphatic rings. The van der Waals surface area contributed by atoms with Gasteiger partial charge in [0.25, 0.3) is 5.56 Å². The van der Waals surface area contributed by atoms with Gasteiger partial charge in [0.05, 0.1) is 0 Å². The van der Waals surface area contributed by atoms with Gasteiger partial charge in [-0.2, -0.15) is 4.98 Å². The highest BCUT2D eigenvalue weighted by atomic mass is 16.2. The molecular weight excluding hydrogens is 272 g/mol. The van der Waals surface area contributed by atoms with Gasteiger partial charge in [0.2, 0.25) is 5.95 Å². The Labute approximate surface area is 121 Å². The number of hydrogen-bond donors (Lipinski definition) is 3. The summed E-state index contributed by atoms with van der Waals surface area (Å²) in [6, 6.07) is 0. The molecule has 0 bridgehead atoms. The number of H-pyrrole nitrogens is 1. The van der Waals surface area contributed by atoms with Crippen molar-refractivity contribution < 1.29 is 0 Å². The van der Waals surface area contributed by atoms with Gasteiger partial charge < -0.3 is 16.0 Å². The Hall–Kier alpha value is -2.09. The molecule has 2 heterocycles. The monoisotopic (exact) mass is 292 g/mol. The molecule has 0 unspecified atom stereocenters. The van der Waals surface area contributed by atoms with E-state index in [2.05, 4.69) is 15.3 Å². The molecule has 0 saturated heterocycles. The molecule has 8 heteroatoms. The van der Waals surface area contributed by atoms with Crippen LogP contribution in [0.25, 0.3) is 11.2 Å². The van der Waals surface area contributed by atoms with E-state index in [4.69, 9.17) is 5.73 Å². The minimum Gasteiger partial charge on any atom is -0.355 e. The van der Waals surface area contributed by atoms with Crippen LogP contribution >= 0.6 is 0 Å². The first-order valence-corrected chi connectivity index (χ1v) is 7.07. The highest BCUT2D eigenvalue weighted by molar-refractivity contribution is 5.72. The molecule has 1 fully saturated rings. The van der Waals surface area contributed by atoms with E-state index >= 15 is 0 Å². The summed E-state index contributed by atoms with van der Waals surface area (Å²) in [7, 11) is 3.06. The lowest BCUT2D eigenvalue weighted by Gasteiger charge is -2.13. The lowest BCUT2D eigenvalue weighted by atomic mass is 10.0. The molecule has 2 aromatic rings. The number of aryl methyl sites for hydroxylation is 1. The fraction of sp³-hybridized carbons (Fsp3) is 0.615. The van der Waals surface area contributed by atoms with Gasteiger partial charge in [0.15, 0.2) is 11.2 Å². The molecule has 8 nitrogen and oxygen atoms in total. The largest absolute Gasteiger partial charge is 0.355 e. The number of hydrogen-bond acceptors (Lipinski definition) is 5. The summed E-state index contributed by atoms with van der Waals surface area (Å²) in [5.74, 6) is 0.520. The van der Waals surface area contributed by atoms with Crippen LogP contribution in [0.5, 0.6) is 0 Å². The predicted molar refractivity (Wildman–Crippen MR) is 80.4 cm³/mol. The fourth-order valence-electron chi connectivity index (χ4n) is 2.68. The average Bonchev–Trinajstić information content (AvgIpc) is 3.10. The topological polar surface area (TPSA) is 111 Å². The van der Waals surface area contributed by atoms with Crippen LogP contribution in [0.4, 0.5) is 5.95 Å². The summed E-state index contributed by atoms with van der Waals surface area (Å²) in [5, 5.41) is 3.23. The van der Waals surface area contributed by atoms with Crippen LogP contribution in [0.15, 0.2) is 9.59 Å². The Morgan fingerprint density at radius 3 is 2.67 bits per heavy atom. The maximum Gasteiger partial charge on any atom is 0.332 e. The van der Waals surface area contributed by atoms with Crippen molar-refractivity contribution in [2.45, 2.75) is 19.3 Å². The van der Waals surface area contributed by atoms with E-state index in [0.29, 0.717) is 23.7 Å². The highest BCUT2D eigenvalue weighted by Crippen LogP contribution is 2.48.